The number of nitro benzene ring substituents is 1. The molecular formula is C38H27ClFN3O7. The molecule has 0 bridgehead atoms. The van der Waals surface area contributed by atoms with Crippen molar-refractivity contribution in [3.8, 4) is 5.75 Å². The summed E-state index contributed by atoms with van der Waals surface area (Å²) in [7, 11) is 0. The molecule has 250 valence electrons. The second kappa shape index (κ2) is 11.4. The zero-order valence-electron chi connectivity index (χ0n) is 26.1. The number of carbonyl (C=O) groups is 4. The van der Waals surface area contributed by atoms with Gasteiger partial charge in [0.05, 0.1) is 39.5 Å². The van der Waals surface area contributed by atoms with Gasteiger partial charge in [-0.15, -0.1) is 0 Å². The number of fused-ring (bicyclic) bond motifs is 4. The Balaban J connectivity index is 1.34. The number of allylic oxidation sites excluding steroid dienone is 2. The molecule has 50 heavy (non-hydrogen) atoms. The van der Waals surface area contributed by atoms with Gasteiger partial charge in [-0.3, -0.25) is 29.3 Å². The van der Waals surface area contributed by atoms with Gasteiger partial charge >= 0.3 is 0 Å². The van der Waals surface area contributed by atoms with Crippen LogP contribution in [-0.2, 0) is 24.6 Å². The van der Waals surface area contributed by atoms with Crippen molar-refractivity contribution in [3.63, 3.8) is 0 Å². The van der Waals surface area contributed by atoms with Gasteiger partial charge in [-0.2, -0.15) is 0 Å². The van der Waals surface area contributed by atoms with Crippen LogP contribution in [-0.4, -0.2) is 33.7 Å². The minimum Gasteiger partial charge on any atom is -0.505 e. The number of phenolic OH excluding ortho intramolecular Hbond substituents is 1. The first kappa shape index (κ1) is 31.6. The van der Waals surface area contributed by atoms with Crippen LogP contribution in [0.15, 0.2) is 109 Å². The summed E-state index contributed by atoms with van der Waals surface area (Å²) in [6, 6.07) is 24.3. The highest BCUT2D eigenvalue weighted by atomic mass is 35.5. The van der Waals surface area contributed by atoms with E-state index in [1.165, 1.54) is 42.5 Å². The van der Waals surface area contributed by atoms with Gasteiger partial charge in [0.1, 0.15) is 0 Å². The van der Waals surface area contributed by atoms with E-state index in [0.29, 0.717) is 21.7 Å². The molecule has 4 aromatic rings. The molecule has 12 heteroatoms. The fraction of sp³-hybridized carbons (Fsp3) is 0.211. The van der Waals surface area contributed by atoms with Gasteiger partial charge in [0.25, 0.3) is 5.69 Å². The van der Waals surface area contributed by atoms with Crippen molar-refractivity contribution in [2.75, 3.05) is 9.80 Å². The van der Waals surface area contributed by atoms with Crippen molar-refractivity contribution >= 4 is 52.3 Å². The molecular weight excluding hydrogens is 665 g/mol. The molecule has 1 N–H and O–H groups in total. The molecule has 0 aromatic heterocycles. The molecule has 0 unspecified atom stereocenters. The van der Waals surface area contributed by atoms with Crippen LogP contribution in [0.2, 0.25) is 5.02 Å². The van der Waals surface area contributed by atoms with Gasteiger partial charge in [-0.1, -0.05) is 71.8 Å². The molecule has 2 heterocycles. The summed E-state index contributed by atoms with van der Waals surface area (Å²) < 4.78 is 15.2. The van der Waals surface area contributed by atoms with Gasteiger partial charge in [0.2, 0.25) is 23.6 Å². The highest BCUT2D eigenvalue weighted by molar-refractivity contribution is 6.32. The van der Waals surface area contributed by atoms with Gasteiger partial charge in [-0.05, 0) is 66.3 Å². The third kappa shape index (κ3) is 4.39. The van der Waals surface area contributed by atoms with E-state index in [9.17, 15) is 29.6 Å². The van der Waals surface area contributed by atoms with Crippen molar-refractivity contribution in [2.24, 2.45) is 23.7 Å². The number of amides is 4. The van der Waals surface area contributed by atoms with E-state index in [2.05, 4.69) is 0 Å². The average molecular weight is 692 g/mol. The van der Waals surface area contributed by atoms with Crippen molar-refractivity contribution in [2.45, 2.75) is 24.2 Å². The van der Waals surface area contributed by atoms with Crippen LogP contribution in [0.25, 0.3) is 0 Å². The molecule has 2 aliphatic heterocycles. The fourth-order valence-electron chi connectivity index (χ4n) is 8.82. The van der Waals surface area contributed by atoms with E-state index in [1.54, 1.807) is 48.5 Å². The quantitative estimate of drug-likeness (QED) is 0.110. The Bertz CT molecular complexity index is 2190. The molecule has 0 radical (unpaired) electrons. The summed E-state index contributed by atoms with van der Waals surface area (Å²) in [6.45, 7) is 0. The lowest BCUT2D eigenvalue weighted by atomic mass is 9.49. The number of imide groups is 2. The standard InChI is InChI=1S/C38H27ClFN3O7/c39-22-8-4-9-23(17-22)42-35(46)29-19-28-26(13-14-27-32(28)36(47)41(34(27)45)24-10-5-11-25(18-24)43(49)50)33(20-12-15-31(44)30(40)16-20)38(29,37(42)48)21-6-2-1-3-7-21/h1-13,15-18,27-29,32-33,44H,14,19H2/t27-,28+,29-,32-,33-,38+/m0/s1. The van der Waals surface area contributed by atoms with Gasteiger partial charge < -0.3 is 5.11 Å². The third-order valence-corrected chi connectivity index (χ3v) is 11.0. The molecule has 0 spiro atoms. The number of phenols is 1. The average Bonchev–Trinajstić information content (AvgIpc) is 3.50. The maximum absolute atomic E-state index is 15.2. The Morgan fingerprint density at radius 1 is 0.820 bits per heavy atom. The topological polar surface area (TPSA) is 138 Å². The number of rotatable bonds is 5. The normalized spacial score (nSPS) is 27.2. The van der Waals surface area contributed by atoms with E-state index >= 15 is 9.18 Å². The predicted octanol–water partition coefficient (Wildman–Crippen LogP) is 6.46. The second-order valence-corrected chi connectivity index (χ2v) is 13.5. The van der Waals surface area contributed by atoms with Crippen molar-refractivity contribution in [1.82, 2.24) is 0 Å². The molecule has 3 fully saturated rings. The van der Waals surface area contributed by atoms with Crippen LogP contribution in [0, 0.1) is 39.6 Å². The van der Waals surface area contributed by atoms with Gasteiger partial charge in [0.15, 0.2) is 11.6 Å². The number of aromatic hydroxyl groups is 1. The lowest BCUT2D eigenvalue weighted by Gasteiger charge is -2.50. The zero-order chi connectivity index (χ0) is 35.1. The van der Waals surface area contributed by atoms with E-state index in [4.69, 9.17) is 11.6 Å². The van der Waals surface area contributed by atoms with E-state index in [0.717, 1.165) is 15.9 Å². The number of carbonyl (C=O) groups excluding carboxylic acids is 4. The number of hydrogen-bond donors (Lipinski definition) is 1. The number of non-ortho nitro benzene ring substituents is 1. The number of nitro groups is 1. The smallest absolute Gasteiger partial charge is 0.271 e. The van der Waals surface area contributed by atoms with Crippen LogP contribution >= 0.6 is 11.6 Å². The maximum Gasteiger partial charge on any atom is 0.271 e. The first-order chi connectivity index (χ1) is 24.0. The number of hydrogen-bond acceptors (Lipinski definition) is 7. The van der Waals surface area contributed by atoms with Gasteiger partial charge in [-0.25, -0.2) is 14.2 Å². The lowest BCUT2D eigenvalue weighted by Crippen LogP contribution is -2.53. The first-order valence-corrected chi connectivity index (χ1v) is 16.4. The lowest BCUT2D eigenvalue weighted by molar-refractivity contribution is -0.384. The zero-order valence-corrected chi connectivity index (χ0v) is 26.9. The SMILES string of the molecule is O=C1[C@H]2[C@H](CC=C3[C@H]2C[C@H]2C(=O)N(c4cccc(Cl)c4)C(=O)[C@@]2(c2ccccc2)[C@H]3c2ccc(O)c(F)c2)C(=O)N1c1cccc([N+](=O)[O-])c1. The molecule has 4 aliphatic rings. The minimum atomic E-state index is -1.61. The molecule has 2 saturated heterocycles. The number of halogens is 2. The van der Waals surface area contributed by atoms with Crippen LogP contribution in [0.4, 0.5) is 21.5 Å². The maximum atomic E-state index is 15.2. The van der Waals surface area contributed by atoms with Crippen LogP contribution in [0.1, 0.15) is 29.9 Å². The van der Waals surface area contributed by atoms with Crippen molar-refractivity contribution in [1.29, 1.82) is 0 Å². The second-order valence-electron chi connectivity index (χ2n) is 13.1. The Morgan fingerprint density at radius 3 is 2.24 bits per heavy atom. The summed E-state index contributed by atoms with van der Waals surface area (Å²) in [6.07, 6.45) is 1.95. The van der Waals surface area contributed by atoms with Gasteiger partial charge in [0, 0.05) is 23.1 Å². The Morgan fingerprint density at radius 2 is 1.54 bits per heavy atom. The molecule has 4 amide bonds. The monoisotopic (exact) mass is 691 g/mol. The van der Waals surface area contributed by atoms with E-state index in [-0.39, 0.29) is 29.9 Å². The summed E-state index contributed by atoms with van der Waals surface area (Å²) >= 11 is 6.33. The number of benzene rings is 4. The molecule has 6 atom stereocenters. The molecule has 4 aromatic carbocycles. The summed E-state index contributed by atoms with van der Waals surface area (Å²) in [4.78, 5) is 71.2. The summed E-state index contributed by atoms with van der Waals surface area (Å²) in [5.41, 5.74) is -0.141. The van der Waals surface area contributed by atoms with Crippen LogP contribution in [0.3, 0.4) is 0 Å². The van der Waals surface area contributed by atoms with E-state index in [1.807, 2.05) is 6.08 Å². The minimum absolute atomic E-state index is 0.0163. The van der Waals surface area contributed by atoms with Crippen LogP contribution in [0.5, 0.6) is 5.75 Å². The Labute approximate surface area is 289 Å². The molecule has 10 nitrogen and oxygen atoms in total. The predicted molar refractivity (Wildman–Crippen MR) is 180 cm³/mol. The Kier molecular flexibility index (Phi) is 7.23. The fourth-order valence-corrected chi connectivity index (χ4v) is 9.01. The van der Waals surface area contributed by atoms with E-state index < -0.39 is 75.1 Å². The first-order valence-electron chi connectivity index (χ1n) is 16.0. The van der Waals surface area contributed by atoms with Crippen molar-refractivity contribution < 1.29 is 33.6 Å². The highest BCUT2D eigenvalue weighted by Gasteiger charge is 2.70. The van der Waals surface area contributed by atoms with Crippen molar-refractivity contribution in [3.05, 3.63) is 141 Å². The molecule has 2 aliphatic carbocycles. The van der Waals surface area contributed by atoms with Crippen LogP contribution < -0.4 is 9.80 Å². The number of anilines is 2. The summed E-state index contributed by atoms with van der Waals surface area (Å²) in [5, 5.41) is 22.0. The number of nitrogens with zero attached hydrogens (tertiary/aromatic N) is 3. The highest BCUT2D eigenvalue weighted by Crippen LogP contribution is 2.64. The molecule has 1 saturated carbocycles. The third-order valence-electron chi connectivity index (χ3n) is 10.8. The Hall–Kier alpha value is -5.68. The summed E-state index contributed by atoms with van der Waals surface area (Å²) in [5.74, 6) is -8.24. The molecule has 8 rings (SSSR count). The largest absolute Gasteiger partial charge is 0.505 e.